The number of aromatic nitrogens is 1. The van der Waals surface area contributed by atoms with Crippen molar-refractivity contribution in [2.75, 3.05) is 5.73 Å². The molecular weight excluding hydrogens is 244 g/mol. The van der Waals surface area contributed by atoms with E-state index in [2.05, 4.69) is 4.98 Å². The van der Waals surface area contributed by atoms with Crippen molar-refractivity contribution in [3.05, 3.63) is 59.8 Å². The number of pyridine rings is 1. The van der Waals surface area contributed by atoms with Gasteiger partial charge < -0.3 is 5.73 Å². The van der Waals surface area contributed by atoms with E-state index in [0.717, 1.165) is 27.7 Å². The molecule has 1 aromatic heterocycles. The Morgan fingerprint density at radius 2 is 1.83 bits per heavy atom. The van der Waals surface area contributed by atoms with Crippen LogP contribution >= 0.6 is 11.6 Å². The number of nitrogens with zero attached hydrogens (tertiary/aromatic N) is 1. The molecule has 0 aliphatic carbocycles. The molecule has 88 valence electrons. The molecule has 0 atom stereocenters. The van der Waals surface area contributed by atoms with E-state index in [9.17, 15) is 0 Å². The molecule has 0 aliphatic heterocycles. The minimum atomic E-state index is 0.665. The molecule has 2 N–H and O–H groups in total. The monoisotopic (exact) mass is 254 g/mol. The van der Waals surface area contributed by atoms with Crippen molar-refractivity contribution in [2.24, 2.45) is 0 Å². The van der Waals surface area contributed by atoms with Gasteiger partial charge in [-0.25, -0.2) is 0 Å². The van der Waals surface area contributed by atoms with E-state index in [0.29, 0.717) is 5.02 Å². The third-order valence-electron chi connectivity index (χ3n) is 2.92. The lowest BCUT2D eigenvalue weighted by Crippen LogP contribution is -1.88. The van der Waals surface area contributed by atoms with Crippen molar-refractivity contribution < 1.29 is 0 Å². The van der Waals surface area contributed by atoms with Gasteiger partial charge in [-0.05, 0) is 35.4 Å². The summed E-state index contributed by atoms with van der Waals surface area (Å²) in [5.74, 6) is 0. The molecule has 2 aromatic carbocycles. The van der Waals surface area contributed by atoms with E-state index in [-0.39, 0.29) is 0 Å². The fraction of sp³-hybridized carbons (Fsp3) is 0. The molecule has 1 heterocycles. The van der Waals surface area contributed by atoms with Gasteiger partial charge in [0.2, 0.25) is 0 Å². The van der Waals surface area contributed by atoms with Crippen molar-refractivity contribution in [2.45, 2.75) is 0 Å². The van der Waals surface area contributed by atoms with Crippen LogP contribution in [0.15, 0.2) is 54.7 Å². The average Bonchev–Trinajstić information content (AvgIpc) is 2.39. The van der Waals surface area contributed by atoms with Crippen molar-refractivity contribution in [1.29, 1.82) is 0 Å². The molecule has 0 saturated heterocycles. The highest BCUT2D eigenvalue weighted by atomic mass is 35.5. The molecule has 2 nitrogen and oxygen atoms in total. The average molecular weight is 255 g/mol. The van der Waals surface area contributed by atoms with Gasteiger partial charge in [-0.3, -0.25) is 4.98 Å². The van der Waals surface area contributed by atoms with Crippen LogP contribution in [0.1, 0.15) is 0 Å². The SMILES string of the molecule is Nc1cccc(-c2ccnc3c(Cl)cccc23)c1. The Kier molecular flexibility index (Phi) is 2.65. The summed E-state index contributed by atoms with van der Waals surface area (Å²) in [4.78, 5) is 4.33. The Bertz CT molecular complexity index is 723. The number of rotatable bonds is 1. The zero-order chi connectivity index (χ0) is 12.5. The van der Waals surface area contributed by atoms with Crippen LogP contribution < -0.4 is 5.73 Å². The number of benzene rings is 2. The van der Waals surface area contributed by atoms with Gasteiger partial charge in [0.1, 0.15) is 0 Å². The van der Waals surface area contributed by atoms with E-state index in [4.69, 9.17) is 17.3 Å². The maximum atomic E-state index is 6.16. The molecule has 0 aliphatic rings. The molecule has 0 bridgehead atoms. The Morgan fingerprint density at radius 3 is 2.67 bits per heavy atom. The normalized spacial score (nSPS) is 10.7. The first-order chi connectivity index (χ1) is 8.75. The largest absolute Gasteiger partial charge is 0.399 e. The molecule has 18 heavy (non-hydrogen) atoms. The van der Waals surface area contributed by atoms with Crippen molar-refractivity contribution in [3.63, 3.8) is 0 Å². The van der Waals surface area contributed by atoms with Crippen molar-refractivity contribution in [1.82, 2.24) is 4.98 Å². The fourth-order valence-corrected chi connectivity index (χ4v) is 2.32. The van der Waals surface area contributed by atoms with Gasteiger partial charge in [-0.1, -0.05) is 35.9 Å². The zero-order valence-corrected chi connectivity index (χ0v) is 10.4. The summed E-state index contributed by atoms with van der Waals surface area (Å²) in [5.41, 5.74) is 9.56. The molecule has 3 heteroatoms. The van der Waals surface area contributed by atoms with Crippen LogP contribution in [0.5, 0.6) is 0 Å². The molecule has 0 saturated carbocycles. The van der Waals surface area contributed by atoms with Crippen LogP contribution in [-0.4, -0.2) is 4.98 Å². The smallest absolute Gasteiger partial charge is 0.0894 e. The van der Waals surface area contributed by atoms with Gasteiger partial charge in [0.05, 0.1) is 10.5 Å². The van der Waals surface area contributed by atoms with E-state index in [1.807, 2.05) is 48.5 Å². The first kappa shape index (κ1) is 11.1. The molecule has 0 fully saturated rings. The van der Waals surface area contributed by atoms with Crippen LogP contribution in [0.2, 0.25) is 5.02 Å². The summed E-state index contributed by atoms with van der Waals surface area (Å²) in [5, 5.41) is 1.70. The second-order valence-electron chi connectivity index (χ2n) is 4.12. The Hall–Kier alpha value is -2.06. The molecule has 0 radical (unpaired) electrons. The topological polar surface area (TPSA) is 38.9 Å². The predicted octanol–water partition coefficient (Wildman–Crippen LogP) is 4.14. The number of nitrogen functional groups attached to an aromatic ring is 1. The Labute approximate surface area is 110 Å². The second-order valence-corrected chi connectivity index (χ2v) is 4.53. The lowest BCUT2D eigenvalue weighted by Gasteiger charge is -2.07. The predicted molar refractivity (Wildman–Crippen MR) is 76.6 cm³/mol. The minimum absolute atomic E-state index is 0.665. The van der Waals surface area contributed by atoms with Gasteiger partial charge in [-0.2, -0.15) is 0 Å². The number of nitrogens with two attached hydrogens (primary N) is 1. The summed E-state index contributed by atoms with van der Waals surface area (Å²) in [7, 11) is 0. The molecule has 0 amide bonds. The van der Waals surface area contributed by atoms with E-state index < -0.39 is 0 Å². The highest BCUT2D eigenvalue weighted by molar-refractivity contribution is 6.35. The number of anilines is 1. The van der Waals surface area contributed by atoms with Crippen LogP contribution in [0.25, 0.3) is 22.0 Å². The van der Waals surface area contributed by atoms with Gasteiger partial charge in [-0.15, -0.1) is 0 Å². The van der Waals surface area contributed by atoms with Crippen LogP contribution in [0.3, 0.4) is 0 Å². The van der Waals surface area contributed by atoms with Crippen molar-refractivity contribution >= 4 is 28.2 Å². The number of para-hydroxylation sites is 1. The quantitative estimate of drug-likeness (QED) is 0.663. The third-order valence-corrected chi connectivity index (χ3v) is 3.22. The van der Waals surface area contributed by atoms with E-state index in [1.165, 1.54) is 0 Å². The number of halogens is 1. The summed E-state index contributed by atoms with van der Waals surface area (Å²) in [6, 6.07) is 15.6. The number of fused-ring (bicyclic) bond motifs is 1. The summed E-state index contributed by atoms with van der Waals surface area (Å²) in [6.07, 6.45) is 1.77. The minimum Gasteiger partial charge on any atom is -0.399 e. The van der Waals surface area contributed by atoms with Crippen LogP contribution in [0.4, 0.5) is 5.69 Å². The van der Waals surface area contributed by atoms with Gasteiger partial charge in [0, 0.05) is 17.3 Å². The summed E-state index contributed by atoms with van der Waals surface area (Å²) < 4.78 is 0. The standard InChI is InChI=1S/C15H11ClN2/c16-14-6-2-5-13-12(7-8-18-15(13)14)10-3-1-4-11(17)9-10/h1-9H,17H2. The highest BCUT2D eigenvalue weighted by Crippen LogP contribution is 2.31. The van der Waals surface area contributed by atoms with E-state index >= 15 is 0 Å². The van der Waals surface area contributed by atoms with Crippen LogP contribution in [0, 0.1) is 0 Å². The molecule has 3 rings (SSSR count). The lowest BCUT2D eigenvalue weighted by molar-refractivity contribution is 1.41. The van der Waals surface area contributed by atoms with Gasteiger partial charge >= 0.3 is 0 Å². The zero-order valence-electron chi connectivity index (χ0n) is 9.60. The third kappa shape index (κ3) is 1.81. The summed E-state index contributed by atoms with van der Waals surface area (Å²) >= 11 is 6.16. The maximum absolute atomic E-state index is 6.16. The van der Waals surface area contributed by atoms with Gasteiger partial charge in [0.25, 0.3) is 0 Å². The number of hydrogen-bond donors (Lipinski definition) is 1. The van der Waals surface area contributed by atoms with E-state index in [1.54, 1.807) is 6.20 Å². The Balaban J connectivity index is 2.33. The molecule has 3 aromatic rings. The van der Waals surface area contributed by atoms with Gasteiger partial charge in [0.15, 0.2) is 0 Å². The summed E-state index contributed by atoms with van der Waals surface area (Å²) in [6.45, 7) is 0. The molecule has 0 spiro atoms. The number of hydrogen-bond acceptors (Lipinski definition) is 2. The van der Waals surface area contributed by atoms with Crippen molar-refractivity contribution in [3.8, 4) is 11.1 Å². The first-order valence-corrected chi connectivity index (χ1v) is 6.02. The molecular formula is C15H11ClN2. The second kappa shape index (κ2) is 4.31. The van der Waals surface area contributed by atoms with Crippen LogP contribution in [-0.2, 0) is 0 Å². The maximum Gasteiger partial charge on any atom is 0.0894 e. The lowest BCUT2D eigenvalue weighted by atomic mass is 10.0. The highest BCUT2D eigenvalue weighted by Gasteiger charge is 2.06. The fourth-order valence-electron chi connectivity index (χ4n) is 2.10. The Morgan fingerprint density at radius 1 is 1.00 bits per heavy atom. The first-order valence-electron chi connectivity index (χ1n) is 5.65. The molecule has 0 unspecified atom stereocenters.